The zero-order valence-corrected chi connectivity index (χ0v) is 18.3. The molecule has 1 aliphatic carbocycles. The number of nitrogens with zero attached hydrogens (tertiary/aromatic N) is 1. The minimum Gasteiger partial charge on any atom is -0.482 e. The summed E-state index contributed by atoms with van der Waals surface area (Å²) >= 11 is 6.29. The Bertz CT molecular complexity index is 1250. The number of amides is 1. The first-order chi connectivity index (χ1) is 15.9. The van der Waals surface area contributed by atoms with Crippen molar-refractivity contribution in [1.29, 1.82) is 0 Å². The summed E-state index contributed by atoms with van der Waals surface area (Å²) in [6.45, 7) is -0.0972. The summed E-state index contributed by atoms with van der Waals surface area (Å²) in [6.07, 6.45) is 0.594. The predicted molar refractivity (Wildman–Crippen MR) is 121 cm³/mol. The number of hydrogen-bond acceptors (Lipinski definition) is 3. The summed E-state index contributed by atoms with van der Waals surface area (Å²) in [5, 5.41) is 9.54. The first kappa shape index (κ1) is 21.5. The first-order valence-corrected chi connectivity index (χ1v) is 11.1. The maximum atomic E-state index is 14.3. The van der Waals surface area contributed by atoms with E-state index in [1.807, 2.05) is 24.3 Å². The Labute approximate surface area is 195 Å². The smallest absolute Gasteiger partial charge is 0.341 e. The number of halogens is 2. The van der Waals surface area contributed by atoms with Gasteiger partial charge in [-0.15, -0.1) is 0 Å². The van der Waals surface area contributed by atoms with Crippen LogP contribution in [0.25, 0.3) is 0 Å². The fourth-order valence-electron chi connectivity index (χ4n) is 4.73. The monoisotopic (exact) mass is 465 g/mol. The van der Waals surface area contributed by atoms with Crippen LogP contribution in [0.3, 0.4) is 0 Å². The highest BCUT2D eigenvalue weighted by Crippen LogP contribution is 2.52. The molecule has 3 aromatic carbocycles. The summed E-state index contributed by atoms with van der Waals surface area (Å²) in [5.74, 6) is -1.54. The second-order valence-electron chi connectivity index (χ2n) is 8.40. The molecule has 1 amide bonds. The molecule has 5 rings (SSSR count). The third kappa shape index (κ3) is 4.07. The van der Waals surface area contributed by atoms with Crippen molar-refractivity contribution < 1.29 is 23.8 Å². The number of rotatable bonds is 6. The number of carboxylic acid groups (broad SMARTS) is 1. The zero-order valence-electron chi connectivity index (χ0n) is 17.6. The van der Waals surface area contributed by atoms with E-state index in [1.54, 1.807) is 41.3 Å². The molecule has 7 heteroatoms. The number of ether oxygens (including phenoxy) is 1. The molecule has 3 aromatic rings. The van der Waals surface area contributed by atoms with Crippen LogP contribution in [0.2, 0.25) is 5.02 Å². The lowest BCUT2D eigenvalue weighted by atomic mass is 9.97. The van der Waals surface area contributed by atoms with Crippen LogP contribution in [0.4, 0.5) is 4.39 Å². The van der Waals surface area contributed by atoms with Crippen molar-refractivity contribution in [3.8, 4) is 5.75 Å². The van der Waals surface area contributed by atoms with E-state index in [1.165, 1.54) is 6.07 Å². The van der Waals surface area contributed by atoms with Crippen molar-refractivity contribution in [2.45, 2.75) is 24.9 Å². The highest BCUT2D eigenvalue weighted by atomic mass is 35.5. The lowest BCUT2D eigenvalue weighted by Gasteiger charge is -2.28. The van der Waals surface area contributed by atoms with E-state index >= 15 is 0 Å². The fourth-order valence-corrected chi connectivity index (χ4v) is 4.91. The molecule has 1 saturated carbocycles. The number of benzene rings is 3. The molecule has 0 unspecified atom stereocenters. The number of aliphatic carboxylic acids is 1. The molecule has 33 heavy (non-hydrogen) atoms. The molecular formula is C26H21ClFNO4. The largest absolute Gasteiger partial charge is 0.482 e. The van der Waals surface area contributed by atoms with Gasteiger partial charge >= 0.3 is 5.97 Å². The van der Waals surface area contributed by atoms with Crippen LogP contribution in [0, 0.1) is 11.7 Å². The lowest BCUT2D eigenvalue weighted by Crippen LogP contribution is -2.32. The third-order valence-electron chi connectivity index (χ3n) is 6.32. The molecule has 0 spiro atoms. The Morgan fingerprint density at radius 3 is 2.52 bits per heavy atom. The van der Waals surface area contributed by atoms with E-state index in [-0.39, 0.29) is 23.6 Å². The predicted octanol–water partition coefficient (Wildman–Crippen LogP) is 5.18. The zero-order chi connectivity index (χ0) is 23.1. The normalized spacial score (nSPS) is 20.9. The van der Waals surface area contributed by atoms with E-state index in [4.69, 9.17) is 21.4 Å². The third-order valence-corrected chi connectivity index (χ3v) is 6.55. The molecule has 3 atom stereocenters. The molecule has 0 radical (unpaired) electrons. The van der Waals surface area contributed by atoms with Crippen molar-refractivity contribution in [1.82, 2.24) is 4.90 Å². The standard InChI is InChI=1S/C26H21ClFNO4/c27-16-9-10-23(33-14-24(30)31)21(11-16)25-17-6-2-1-5-15(17)13-29(25)26(32)20-12-19(20)18-7-3-4-8-22(18)28/h1-11,19-20,25H,12-14H2,(H,30,31)/t19-,20+,25-/m0/s1. The van der Waals surface area contributed by atoms with Crippen molar-refractivity contribution in [2.75, 3.05) is 6.61 Å². The van der Waals surface area contributed by atoms with Gasteiger partial charge in [0.1, 0.15) is 11.6 Å². The Kier molecular flexibility index (Phi) is 5.54. The average molecular weight is 466 g/mol. The van der Waals surface area contributed by atoms with E-state index in [9.17, 15) is 14.0 Å². The lowest BCUT2D eigenvalue weighted by molar-refractivity contribution is -0.139. The minimum absolute atomic E-state index is 0.0615. The van der Waals surface area contributed by atoms with E-state index in [0.29, 0.717) is 34.9 Å². The maximum Gasteiger partial charge on any atom is 0.341 e. The van der Waals surface area contributed by atoms with Crippen LogP contribution in [-0.2, 0) is 16.1 Å². The Balaban J connectivity index is 1.50. The molecule has 1 fully saturated rings. The Morgan fingerprint density at radius 1 is 1.03 bits per heavy atom. The second kappa shape index (κ2) is 8.52. The molecule has 168 valence electrons. The van der Waals surface area contributed by atoms with E-state index < -0.39 is 18.6 Å². The average Bonchev–Trinajstić information content (AvgIpc) is 3.50. The number of carboxylic acids is 1. The molecule has 5 nitrogen and oxygen atoms in total. The van der Waals surface area contributed by atoms with Crippen LogP contribution in [-0.4, -0.2) is 28.5 Å². The van der Waals surface area contributed by atoms with Gasteiger partial charge in [0, 0.05) is 23.0 Å². The van der Waals surface area contributed by atoms with Crippen molar-refractivity contribution in [2.24, 2.45) is 5.92 Å². The van der Waals surface area contributed by atoms with Crippen LogP contribution in [0.5, 0.6) is 5.75 Å². The molecule has 0 bridgehead atoms. The first-order valence-electron chi connectivity index (χ1n) is 10.7. The van der Waals surface area contributed by atoms with Crippen LogP contribution >= 0.6 is 11.6 Å². The number of fused-ring (bicyclic) bond motifs is 1. The molecule has 1 N–H and O–H groups in total. The molecule has 1 heterocycles. The second-order valence-corrected chi connectivity index (χ2v) is 8.84. The van der Waals surface area contributed by atoms with Gasteiger partial charge in [-0.2, -0.15) is 0 Å². The topological polar surface area (TPSA) is 66.8 Å². The van der Waals surface area contributed by atoms with Gasteiger partial charge in [0.25, 0.3) is 0 Å². The SMILES string of the molecule is O=C(O)COc1ccc(Cl)cc1[C@@H]1c2ccccc2CN1C(=O)[C@@H]1C[C@H]1c1ccccc1F. The number of carbonyl (C=O) groups is 2. The van der Waals surface area contributed by atoms with Crippen molar-refractivity contribution >= 4 is 23.5 Å². The van der Waals surface area contributed by atoms with Gasteiger partial charge in [-0.1, -0.05) is 54.1 Å². The van der Waals surface area contributed by atoms with Crippen molar-refractivity contribution in [3.63, 3.8) is 0 Å². The van der Waals surface area contributed by atoms with Gasteiger partial charge in [-0.25, -0.2) is 9.18 Å². The Hall–Kier alpha value is -3.38. The van der Waals surface area contributed by atoms with Gasteiger partial charge in [0.15, 0.2) is 6.61 Å². The summed E-state index contributed by atoms with van der Waals surface area (Å²) in [7, 11) is 0. The summed E-state index contributed by atoms with van der Waals surface area (Å²) < 4.78 is 19.8. The fraction of sp³-hybridized carbons (Fsp3) is 0.231. The van der Waals surface area contributed by atoms with Crippen LogP contribution < -0.4 is 4.74 Å². The molecule has 0 aromatic heterocycles. The van der Waals surface area contributed by atoms with E-state index in [2.05, 4.69) is 0 Å². The van der Waals surface area contributed by atoms with Gasteiger partial charge in [0.05, 0.1) is 6.04 Å². The summed E-state index contributed by atoms with van der Waals surface area (Å²) in [5.41, 5.74) is 3.14. The van der Waals surface area contributed by atoms with Crippen LogP contribution in [0.1, 0.15) is 40.6 Å². The molecule has 2 aliphatic rings. The Morgan fingerprint density at radius 2 is 1.76 bits per heavy atom. The highest BCUT2D eigenvalue weighted by molar-refractivity contribution is 6.30. The highest BCUT2D eigenvalue weighted by Gasteiger charge is 2.49. The summed E-state index contributed by atoms with van der Waals surface area (Å²) in [4.78, 5) is 26.5. The minimum atomic E-state index is -1.10. The van der Waals surface area contributed by atoms with E-state index in [0.717, 1.165) is 11.1 Å². The van der Waals surface area contributed by atoms with Gasteiger partial charge in [-0.05, 0) is 53.3 Å². The molecule has 0 saturated heterocycles. The van der Waals surface area contributed by atoms with Gasteiger partial charge in [-0.3, -0.25) is 4.79 Å². The number of hydrogen-bond donors (Lipinski definition) is 1. The molecular weight excluding hydrogens is 445 g/mol. The van der Waals surface area contributed by atoms with Crippen molar-refractivity contribution in [3.05, 3.63) is 99.8 Å². The molecule has 1 aliphatic heterocycles. The summed E-state index contributed by atoms with van der Waals surface area (Å²) in [6, 6.07) is 18.8. The number of carbonyl (C=O) groups excluding carboxylic acids is 1. The quantitative estimate of drug-likeness (QED) is 0.545. The van der Waals surface area contributed by atoms with Gasteiger partial charge < -0.3 is 14.7 Å². The van der Waals surface area contributed by atoms with Crippen LogP contribution in [0.15, 0.2) is 66.7 Å². The van der Waals surface area contributed by atoms with Gasteiger partial charge in [0.2, 0.25) is 5.91 Å². The maximum absolute atomic E-state index is 14.3.